The van der Waals surface area contributed by atoms with Crippen molar-refractivity contribution in [1.29, 1.82) is 0 Å². The van der Waals surface area contributed by atoms with Gasteiger partial charge in [-0.25, -0.2) is 13.4 Å². The lowest BCUT2D eigenvalue weighted by atomic mass is 10.1. The number of sulfonamides is 1. The van der Waals surface area contributed by atoms with Gasteiger partial charge < -0.3 is 0 Å². The molecule has 0 saturated heterocycles. The summed E-state index contributed by atoms with van der Waals surface area (Å²) in [6.07, 6.45) is 1.44. The first kappa shape index (κ1) is 21.4. The van der Waals surface area contributed by atoms with Crippen LogP contribution in [0.5, 0.6) is 0 Å². The quantitative estimate of drug-likeness (QED) is 0.318. The summed E-state index contributed by atoms with van der Waals surface area (Å²) >= 11 is 1.46. The van der Waals surface area contributed by atoms with Gasteiger partial charge in [0.1, 0.15) is 4.90 Å². The van der Waals surface area contributed by atoms with Gasteiger partial charge in [0.2, 0.25) is 0 Å². The van der Waals surface area contributed by atoms with Gasteiger partial charge in [0.15, 0.2) is 0 Å². The van der Waals surface area contributed by atoms with Crippen LogP contribution in [0.1, 0.15) is 21.8 Å². The van der Waals surface area contributed by atoms with Gasteiger partial charge in [-0.3, -0.25) is 20.3 Å². The summed E-state index contributed by atoms with van der Waals surface area (Å²) in [5, 5.41) is 17.9. The summed E-state index contributed by atoms with van der Waals surface area (Å²) in [5.74, 6) is 0. The Balaban J connectivity index is 1.96. The van der Waals surface area contributed by atoms with Crippen molar-refractivity contribution in [2.45, 2.75) is 25.7 Å². The first-order valence-electron chi connectivity index (χ1n) is 8.75. The van der Waals surface area contributed by atoms with E-state index in [0.29, 0.717) is 11.4 Å². The molecule has 3 aromatic rings. The number of hydrazone groups is 1. The van der Waals surface area contributed by atoms with E-state index in [1.807, 2.05) is 19.9 Å². The summed E-state index contributed by atoms with van der Waals surface area (Å²) in [6.45, 7) is 5.53. The Labute approximate surface area is 177 Å². The monoisotopic (exact) mass is 445 g/mol. The minimum atomic E-state index is -4.13. The number of hydrogen-bond donors (Lipinski definition) is 2. The second-order valence-electron chi connectivity index (χ2n) is 6.52. The Kier molecular flexibility index (Phi) is 6.13. The lowest BCUT2D eigenvalue weighted by Gasteiger charge is -2.14. The average molecular weight is 446 g/mol. The van der Waals surface area contributed by atoms with Crippen LogP contribution in [0.2, 0.25) is 0 Å². The molecule has 0 spiro atoms. The molecule has 0 saturated carbocycles. The van der Waals surface area contributed by atoms with Crippen LogP contribution < -0.4 is 10.1 Å². The number of hydrogen-bond acceptors (Lipinski definition) is 8. The zero-order valence-electron chi connectivity index (χ0n) is 16.4. The van der Waals surface area contributed by atoms with Crippen molar-refractivity contribution < 1.29 is 13.3 Å². The molecule has 0 atom stereocenters. The molecule has 9 nitrogen and oxygen atoms in total. The number of nitrogens with zero attached hydrogens (tertiary/aromatic N) is 3. The van der Waals surface area contributed by atoms with Gasteiger partial charge in [0.25, 0.3) is 15.7 Å². The molecule has 1 heterocycles. The molecule has 3 rings (SSSR count). The Hall–Kier alpha value is -3.31. The summed E-state index contributed by atoms with van der Waals surface area (Å²) in [6, 6.07) is 8.77. The lowest BCUT2D eigenvalue weighted by molar-refractivity contribution is -0.385. The van der Waals surface area contributed by atoms with Crippen LogP contribution in [-0.2, 0) is 10.0 Å². The van der Waals surface area contributed by atoms with E-state index in [1.54, 1.807) is 24.4 Å². The highest BCUT2D eigenvalue weighted by molar-refractivity contribution is 7.92. The smallest absolute Gasteiger partial charge is 0.270 e. The fraction of sp³-hybridized carbons (Fsp3) is 0.158. The van der Waals surface area contributed by atoms with Crippen LogP contribution in [0.25, 0.3) is 0 Å². The molecule has 156 valence electrons. The third-order valence-corrected chi connectivity index (χ3v) is 6.31. The molecule has 0 fully saturated rings. The molecule has 11 heteroatoms. The second-order valence-corrected chi connectivity index (χ2v) is 9.24. The van der Waals surface area contributed by atoms with Crippen LogP contribution in [0.4, 0.5) is 17.1 Å². The van der Waals surface area contributed by atoms with Gasteiger partial charge in [-0.2, -0.15) is 5.10 Å². The van der Waals surface area contributed by atoms with Crippen molar-refractivity contribution in [2.24, 2.45) is 5.10 Å². The molecule has 0 aliphatic heterocycles. The fourth-order valence-electron chi connectivity index (χ4n) is 2.67. The molecule has 1 aromatic heterocycles. The number of thiazole rings is 1. The first-order chi connectivity index (χ1) is 14.2. The molecule has 0 bridgehead atoms. The van der Waals surface area contributed by atoms with Crippen molar-refractivity contribution in [1.82, 2.24) is 4.98 Å². The number of nitro benzene ring substituents is 1. The summed E-state index contributed by atoms with van der Waals surface area (Å²) in [7, 11) is -4.13. The Morgan fingerprint density at radius 2 is 1.87 bits per heavy atom. The van der Waals surface area contributed by atoms with Crippen molar-refractivity contribution in [3.05, 3.63) is 73.7 Å². The predicted molar refractivity (Wildman–Crippen MR) is 118 cm³/mol. The highest BCUT2D eigenvalue weighted by atomic mass is 32.2. The molecule has 0 aliphatic rings. The second kappa shape index (κ2) is 8.59. The number of benzene rings is 2. The zero-order valence-corrected chi connectivity index (χ0v) is 18.0. The van der Waals surface area contributed by atoms with Crippen molar-refractivity contribution >= 4 is 44.6 Å². The van der Waals surface area contributed by atoms with Crippen LogP contribution in [0.15, 0.2) is 51.8 Å². The number of nitrogens with one attached hydrogen (secondary N) is 2. The van der Waals surface area contributed by atoms with Crippen molar-refractivity contribution in [2.75, 3.05) is 10.1 Å². The van der Waals surface area contributed by atoms with Crippen molar-refractivity contribution in [3.8, 4) is 0 Å². The van der Waals surface area contributed by atoms with Gasteiger partial charge in [0.05, 0.1) is 33.2 Å². The minimum Gasteiger partial charge on any atom is -0.279 e. The van der Waals surface area contributed by atoms with Crippen LogP contribution in [0, 0.1) is 30.9 Å². The SMILES string of the molecule is Cc1ccc(NS(=O)(=O)c2cc([N+](=O)[O-])ccc2N/N=C/c2csc(C)n2)c(C)c1. The minimum absolute atomic E-state index is 0.0982. The number of rotatable bonds is 7. The lowest BCUT2D eigenvalue weighted by Crippen LogP contribution is -2.16. The maximum Gasteiger partial charge on any atom is 0.270 e. The molecular formula is C19H19N5O4S2. The third kappa shape index (κ3) is 4.99. The number of aryl methyl sites for hydroxylation is 3. The van der Waals surface area contributed by atoms with E-state index in [2.05, 4.69) is 20.2 Å². The molecule has 0 radical (unpaired) electrons. The van der Waals surface area contributed by atoms with E-state index in [-0.39, 0.29) is 16.3 Å². The zero-order chi connectivity index (χ0) is 21.9. The van der Waals surface area contributed by atoms with E-state index in [1.165, 1.54) is 29.7 Å². The van der Waals surface area contributed by atoms with Crippen LogP contribution >= 0.6 is 11.3 Å². The normalized spacial score (nSPS) is 11.6. The van der Waals surface area contributed by atoms with Crippen molar-refractivity contribution in [3.63, 3.8) is 0 Å². The molecular weight excluding hydrogens is 426 g/mol. The summed E-state index contributed by atoms with van der Waals surface area (Å²) in [5.41, 5.74) is 5.12. The maximum atomic E-state index is 13.0. The number of non-ortho nitro benzene ring substituents is 1. The van der Waals surface area contributed by atoms with Crippen LogP contribution in [0.3, 0.4) is 0 Å². The predicted octanol–water partition coefficient (Wildman–Crippen LogP) is 4.22. The standard InChI is InChI=1S/C19H19N5O4S2/c1-12-4-6-17(13(2)8-12)23-30(27,28)19-9-16(24(25)26)5-7-18(19)22-20-10-15-11-29-14(3)21-15/h4-11,22-23H,1-3H3/b20-10+. The molecule has 0 unspecified atom stereocenters. The Bertz CT molecular complexity index is 1240. The first-order valence-corrected chi connectivity index (χ1v) is 11.1. The van der Waals surface area contributed by atoms with E-state index in [4.69, 9.17) is 0 Å². The van der Waals surface area contributed by atoms with E-state index >= 15 is 0 Å². The molecule has 30 heavy (non-hydrogen) atoms. The number of aromatic nitrogens is 1. The van der Waals surface area contributed by atoms with Gasteiger partial charge in [-0.05, 0) is 38.5 Å². The van der Waals surface area contributed by atoms with E-state index in [0.717, 1.165) is 22.2 Å². The number of anilines is 2. The van der Waals surface area contributed by atoms with Crippen LogP contribution in [-0.4, -0.2) is 24.5 Å². The highest BCUT2D eigenvalue weighted by Gasteiger charge is 2.23. The molecule has 0 amide bonds. The largest absolute Gasteiger partial charge is 0.279 e. The maximum absolute atomic E-state index is 13.0. The summed E-state index contributed by atoms with van der Waals surface area (Å²) in [4.78, 5) is 14.5. The Morgan fingerprint density at radius 1 is 1.13 bits per heavy atom. The van der Waals surface area contributed by atoms with Gasteiger partial charge in [0, 0.05) is 17.5 Å². The van der Waals surface area contributed by atoms with E-state index in [9.17, 15) is 18.5 Å². The number of nitro groups is 1. The Morgan fingerprint density at radius 3 is 2.50 bits per heavy atom. The summed E-state index contributed by atoms with van der Waals surface area (Å²) < 4.78 is 28.6. The average Bonchev–Trinajstić information content (AvgIpc) is 3.09. The fourth-order valence-corrected chi connectivity index (χ4v) is 4.55. The van der Waals surface area contributed by atoms with E-state index < -0.39 is 14.9 Å². The topological polar surface area (TPSA) is 127 Å². The third-order valence-electron chi connectivity index (χ3n) is 4.11. The van der Waals surface area contributed by atoms with Gasteiger partial charge >= 0.3 is 0 Å². The van der Waals surface area contributed by atoms with Gasteiger partial charge in [-0.15, -0.1) is 11.3 Å². The van der Waals surface area contributed by atoms with Gasteiger partial charge in [-0.1, -0.05) is 17.7 Å². The molecule has 0 aliphatic carbocycles. The molecule has 2 aromatic carbocycles. The highest BCUT2D eigenvalue weighted by Crippen LogP contribution is 2.29. The molecule has 2 N–H and O–H groups in total.